The van der Waals surface area contributed by atoms with Crippen molar-refractivity contribution in [1.29, 1.82) is 0 Å². The van der Waals surface area contributed by atoms with Crippen LogP contribution in [0.3, 0.4) is 0 Å². The summed E-state index contributed by atoms with van der Waals surface area (Å²) in [5.74, 6) is 5.96. The lowest BCUT2D eigenvalue weighted by molar-refractivity contribution is -0.138. The van der Waals surface area contributed by atoms with Crippen LogP contribution in [0.2, 0.25) is 0 Å². The van der Waals surface area contributed by atoms with Crippen LogP contribution >= 0.6 is 0 Å². The quantitative estimate of drug-likeness (QED) is 0.488. The molecule has 0 amide bonds. The average Bonchev–Trinajstić information content (AvgIpc) is 2.74. The lowest BCUT2D eigenvalue weighted by atomic mass is 10.1. The second-order valence-corrected chi connectivity index (χ2v) is 6.83. The molecule has 0 fully saturated rings. The highest BCUT2D eigenvalue weighted by Gasteiger charge is 2.29. The van der Waals surface area contributed by atoms with E-state index in [1.807, 2.05) is 0 Å². The summed E-state index contributed by atoms with van der Waals surface area (Å²) in [6, 6.07) is 16.7. The number of carboxylic acids is 1. The molecule has 0 heterocycles. The van der Waals surface area contributed by atoms with Gasteiger partial charge >= 0.3 is 12.1 Å². The van der Waals surface area contributed by atoms with Crippen LogP contribution in [0.1, 0.15) is 22.3 Å². The van der Waals surface area contributed by atoms with Crippen molar-refractivity contribution in [2.75, 3.05) is 6.61 Å². The number of carboxylic acid groups (broad SMARTS) is 1. The summed E-state index contributed by atoms with van der Waals surface area (Å²) in [7, 11) is 0. The molecule has 0 saturated heterocycles. The van der Waals surface area contributed by atoms with Gasteiger partial charge in [-0.15, -0.1) is 0 Å². The molecule has 0 saturated carbocycles. The van der Waals surface area contributed by atoms with Crippen molar-refractivity contribution >= 4 is 5.97 Å². The van der Waals surface area contributed by atoms with Crippen molar-refractivity contribution in [2.24, 2.45) is 0 Å². The number of hydrogen-bond acceptors (Lipinski definition) is 3. The zero-order chi connectivity index (χ0) is 23.1. The number of hydrogen-bond donors (Lipinski definition) is 1. The first-order valence-electron chi connectivity index (χ1n) is 9.60. The topological polar surface area (TPSA) is 55.8 Å². The number of benzene rings is 3. The van der Waals surface area contributed by atoms with Gasteiger partial charge in [0.2, 0.25) is 0 Å². The number of rotatable bonds is 6. The molecule has 0 atom stereocenters. The second-order valence-electron chi connectivity index (χ2n) is 6.83. The molecule has 0 aliphatic rings. The van der Waals surface area contributed by atoms with Crippen LogP contribution in [0.5, 0.6) is 17.2 Å². The maximum Gasteiger partial charge on any atom is 0.416 e. The van der Waals surface area contributed by atoms with Gasteiger partial charge in [0.1, 0.15) is 12.4 Å². The van der Waals surface area contributed by atoms with Gasteiger partial charge in [0.05, 0.1) is 12.0 Å². The summed E-state index contributed by atoms with van der Waals surface area (Å²) in [6.45, 7) is 1.78. The average molecular weight is 440 g/mol. The number of para-hydroxylation sites is 2. The van der Waals surface area contributed by atoms with Crippen LogP contribution in [-0.4, -0.2) is 17.7 Å². The molecular formula is C25H19F3O4. The molecule has 164 valence electrons. The Labute approximate surface area is 183 Å². The van der Waals surface area contributed by atoms with Crippen LogP contribution in [0.4, 0.5) is 13.2 Å². The van der Waals surface area contributed by atoms with E-state index in [-0.39, 0.29) is 13.0 Å². The molecule has 7 heteroatoms. The molecule has 0 spiro atoms. The van der Waals surface area contributed by atoms with Crippen molar-refractivity contribution in [3.63, 3.8) is 0 Å². The van der Waals surface area contributed by atoms with Crippen LogP contribution in [0, 0.1) is 18.8 Å². The molecule has 0 radical (unpaired) electrons. The van der Waals surface area contributed by atoms with E-state index in [1.54, 1.807) is 49.4 Å². The second kappa shape index (κ2) is 9.92. The number of aliphatic carboxylic acids is 1. The third-order valence-electron chi connectivity index (χ3n) is 4.55. The van der Waals surface area contributed by atoms with Crippen molar-refractivity contribution in [3.05, 3.63) is 89.0 Å². The molecule has 0 unspecified atom stereocenters. The van der Waals surface area contributed by atoms with Gasteiger partial charge in [-0.3, -0.25) is 4.79 Å². The van der Waals surface area contributed by atoms with E-state index in [2.05, 4.69) is 11.8 Å². The summed E-state index contributed by atoms with van der Waals surface area (Å²) in [5.41, 5.74) is 1.08. The first-order valence-corrected chi connectivity index (χ1v) is 9.60. The van der Waals surface area contributed by atoms with Crippen molar-refractivity contribution < 1.29 is 32.5 Å². The fourth-order valence-corrected chi connectivity index (χ4v) is 2.89. The molecule has 32 heavy (non-hydrogen) atoms. The van der Waals surface area contributed by atoms with E-state index in [0.29, 0.717) is 33.9 Å². The van der Waals surface area contributed by atoms with Crippen LogP contribution in [0.25, 0.3) is 0 Å². The van der Waals surface area contributed by atoms with Gasteiger partial charge in [-0.05, 0) is 60.5 Å². The predicted octanol–water partition coefficient (Wildman–Crippen LogP) is 5.86. The van der Waals surface area contributed by atoms with Gasteiger partial charge in [0.25, 0.3) is 0 Å². The smallest absolute Gasteiger partial charge is 0.416 e. The monoisotopic (exact) mass is 440 g/mol. The fourth-order valence-electron chi connectivity index (χ4n) is 2.89. The number of alkyl halides is 3. The van der Waals surface area contributed by atoms with E-state index in [9.17, 15) is 18.0 Å². The standard InChI is InChI=1S/C25H19F3O4/c1-17-19(16-24(29)30)7-4-10-21(17)32-23-9-3-2-8-22(23)31-15-5-6-18-11-13-20(14-12-18)25(26,27)28/h2-4,7-14H,15-16H2,1H3,(H,29,30). The van der Waals surface area contributed by atoms with Gasteiger partial charge in [-0.1, -0.05) is 36.1 Å². The minimum absolute atomic E-state index is 0.000564. The third kappa shape index (κ3) is 6.05. The van der Waals surface area contributed by atoms with Gasteiger partial charge in [0.15, 0.2) is 11.5 Å². The summed E-state index contributed by atoms with van der Waals surface area (Å²) in [5, 5.41) is 9.04. The summed E-state index contributed by atoms with van der Waals surface area (Å²) in [6.07, 6.45) is -4.50. The Bertz CT molecular complexity index is 1160. The summed E-state index contributed by atoms with van der Waals surface area (Å²) in [4.78, 5) is 11.0. The number of carbonyl (C=O) groups is 1. The molecule has 0 aromatic heterocycles. The first-order chi connectivity index (χ1) is 15.2. The Morgan fingerprint density at radius 1 is 0.938 bits per heavy atom. The molecule has 3 aromatic rings. The highest BCUT2D eigenvalue weighted by molar-refractivity contribution is 5.71. The minimum atomic E-state index is -4.38. The molecule has 3 aromatic carbocycles. The van der Waals surface area contributed by atoms with Gasteiger partial charge < -0.3 is 14.6 Å². The predicted molar refractivity (Wildman–Crippen MR) is 113 cm³/mol. The van der Waals surface area contributed by atoms with Crippen molar-refractivity contribution in [1.82, 2.24) is 0 Å². The largest absolute Gasteiger partial charge is 0.481 e. The first kappa shape index (κ1) is 22.8. The van der Waals surface area contributed by atoms with Crippen LogP contribution < -0.4 is 9.47 Å². The Hall–Kier alpha value is -3.92. The Morgan fingerprint density at radius 3 is 2.25 bits per heavy atom. The van der Waals surface area contributed by atoms with E-state index in [0.717, 1.165) is 12.1 Å². The lowest BCUT2D eigenvalue weighted by Crippen LogP contribution is -2.04. The van der Waals surface area contributed by atoms with E-state index in [1.165, 1.54) is 12.1 Å². The van der Waals surface area contributed by atoms with Gasteiger partial charge in [-0.2, -0.15) is 13.2 Å². The highest BCUT2D eigenvalue weighted by Crippen LogP contribution is 2.34. The van der Waals surface area contributed by atoms with E-state index >= 15 is 0 Å². The fraction of sp³-hybridized carbons (Fsp3) is 0.160. The summed E-state index contributed by atoms with van der Waals surface area (Å²) >= 11 is 0. The molecule has 1 N–H and O–H groups in total. The highest BCUT2D eigenvalue weighted by atomic mass is 19.4. The van der Waals surface area contributed by atoms with Crippen molar-refractivity contribution in [2.45, 2.75) is 19.5 Å². The zero-order valence-corrected chi connectivity index (χ0v) is 17.1. The van der Waals surface area contributed by atoms with Crippen LogP contribution in [-0.2, 0) is 17.4 Å². The third-order valence-corrected chi connectivity index (χ3v) is 4.55. The van der Waals surface area contributed by atoms with Gasteiger partial charge in [0, 0.05) is 5.56 Å². The SMILES string of the molecule is Cc1c(CC(=O)O)cccc1Oc1ccccc1OCC#Cc1ccc(C(F)(F)F)cc1. The van der Waals surface area contributed by atoms with E-state index < -0.39 is 17.7 Å². The molecule has 0 aliphatic carbocycles. The molecule has 0 bridgehead atoms. The normalized spacial score (nSPS) is 10.8. The lowest BCUT2D eigenvalue weighted by Gasteiger charge is -2.14. The van der Waals surface area contributed by atoms with E-state index in [4.69, 9.17) is 14.6 Å². The molecular weight excluding hydrogens is 421 g/mol. The maximum absolute atomic E-state index is 12.6. The molecule has 4 nitrogen and oxygen atoms in total. The van der Waals surface area contributed by atoms with Gasteiger partial charge in [-0.25, -0.2) is 0 Å². The minimum Gasteiger partial charge on any atom is -0.481 e. The Morgan fingerprint density at radius 2 is 1.59 bits per heavy atom. The number of halogens is 3. The number of ether oxygens (including phenoxy) is 2. The Balaban J connectivity index is 1.68. The molecule has 3 rings (SSSR count). The molecule has 0 aliphatic heterocycles. The summed E-state index contributed by atoms with van der Waals surface area (Å²) < 4.78 is 49.5. The maximum atomic E-state index is 12.6. The van der Waals surface area contributed by atoms with Crippen LogP contribution in [0.15, 0.2) is 66.7 Å². The van der Waals surface area contributed by atoms with Crippen molar-refractivity contribution in [3.8, 4) is 29.1 Å². The Kier molecular flexibility index (Phi) is 7.06. The zero-order valence-electron chi connectivity index (χ0n) is 17.1.